The maximum atomic E-state index is 10.4. The Morgan fingerprint density at radius 1 is 1.31 bits per heavy atom. The van der Waals surface area contributed by atoms with Crippen molar-refractivity contribution in [3.05, 3.63) is 54.6 Å². The van der Waals surface area contributed by atoms with Gasteiger partial charge in [0, 0.05) is 6.42 Å². The lowest BCUT2D eigenvalue weighted by atomic mass is 10.1. The lowest BCUT2D eigenvalue weighted by molar-refractivity contribution is -0.0407. The molecule has 0 bridgehead atoms. The zero-order chi connectivity index (χ0) is 22.7. The normalized spacial score (nSPS) is 23.5. The number of imidazole rings is 1. The first-order chi connectivity index (χ1) is 15.4. The van der Waals surface area contributed by atoms with Gasteiger partial charge >= 0.3 is 6.72 Å². The summed E-state index contributed by atoms with van der Waals surface area (Å²) < 4.78 is 18.6. The Hall–Kier alpha value is -2.24. The number of benzene rings is 1. The minimum atomic E-state index is -3.54. The van der Waals surface area contributed by atoms with Gasteiger partial charge in [-0.1, -0.05) is 36.4 Å². The fourth-order valence-corrected chi connectivity index (χ4v) is 4.51. The molecular formula is C20H24N5O5PS. The maximum absolute atomic E-state index is 10.4. The maximum Gasteiger partial charge on any atom is 0.324 e. The highest BCUT2D eigenvalue weighted by Crippen LogP contribution is 2.45. The van der Waals surface area contributed by atoms with Gasteiger partial charge in [-0.05, 0) is 29.9 Å². The largest absolute Gasteiger partial charge is 0.390 e. The summed E-state index contributed by atoms with van der Waals surface area (Å²) in [5.41, 5.74) is 8.64. The summed E-state index contributed by atoms with van der Waals surface area (Å²) in [5, 5.41) is 10.4. The van der Waals surface area contributed by atoms with Crippen LogP contribution in [0.5, 0.6) is 0 Å². The molecule has 4 atom stereocenters. The smallest absolute Gasteiger partial charge is 0.324 e. The van der Waals surface area contributed by atoms with E-state index in [0.29, 0.717) is 11.2 Å². The van der Waals surface area contributed by atoms with Crippen molar-refractivity contribution in [3.63, 3.8) is 0 Å². The molecule has 1 saturated heterocycles. The topological polar surface area (TPSA) is 138 Å². The van der Waals surface area contributed by atoms with E-state index in [1.165, 1.54) is 12.7 Å². The van der Waals surface area contributed by atoms with E-state index in [2.05, 4.69) is 15.0 Å². The van der Waals surface area contributed by atoms with E-state index in [1.54, 1.807) is 4.57 Å². The number of ether oxygens (including phenoxy) is 1. The van der Waals surface area contributed by atoms with E-state index < -0.39 is 25.2 Å². The molecule has 12 heteroatoms. The molecule has 0 amide bonds. The number of hydrogen-bond acceptors (Lipinski definition) is 9. The van der Waals surface area contributed by atoms with Crippen LogP contribution in [0, 0.1) is 0 Å². The van der Waals surface area contributed by atoms with Gasteiger partial charge < -0.3 is 29.5 Å². The molecule has 4 N–H and O–H groups in total. The van der Waals surface area contributed by atoms with Crippen molar-refractivity contribution in [2.24, 2.45) is 0 Å². The quantitative estimate of drug-likeness (QED) is 0.415. The first-order valence-corrected chi connectivity index (χ1v) is 12.6. The Balaban J connectivity index is 1.35. The Morgan fingerprint density at radius 3 is 2.84 bits per heavy atom. The van der Waals surface area contributed by atoms with E-state index in [4.69, 9.17) is 31.3 Å². The standard InChI is InChI=1S/C20H24N5O5PS/c1-2-13(14-6-4-3-5-7-14)9-28-31(27,32)29-10-16-15(26)8-17(30-16)25-12-24-18-19(21)22-11-23-20(18)25/h2-7,11-12,15-17,26H,8-10H2,1H3,(H,27,32)(H2,21,22,23)/b13-2-/t15-,16+,17+,31?/m0/s1. The molecule has 1 aliphatic rings. The van der Waals surface area contributed by atoms with E-state index in [0.717, 1.165) is 11.1 Å². The minimum Gasteiger partial charge on any atom is -0.390 e. The first-order valence-electron chi connectivity index (χ1n) is 9.97. The molecule has 2 aromatic heterocycles. The third-order valence-electron chi connectivity index (χ3n) is 5.18. The van der Waals surface area contributed by atoms with E-state index in [-0.39, 0.29) is 25.5 Å². The molecule has 3 heterocycles. The number of aliphatic hydroxyl groups excluding tert-OH is 1. The minimum absolute atomic E-state index is 0.104. The number of hydrogen-bond donors (Lipinski definition) is 3. The number of nitrogens with two attached hydrogens (primary N) is 1. The average molecular weight is 477 g/mol. The summed E-state index contributed by atoms with van der Waals surface area (Å²) >= 11 is 5.13. The Morgan fingerprint density at radius 2 is 2.09 bits per heavy atom. The van der Waals surface area contributed by atoms with Crippen LogP contribution < -0.4 is 5.73 Å². The van der Waals surface area contributed by atoms with Crippen molar-refractivity contribution in [2.45, 2.75) is 31.8 Å². The second kappa shape index (κ2) is 9.72. The summed E-state index contributed by atoms with van der Waals surface area (Å²) in [5.74, 6) is 0.265. The fourth-order valence-electron chi connectivity index (χ4n) is 3.46. The van der Waals surface area contributed by atoms with Crippen molar-refractivity contribution in [3.8, 4) is 0 Å². The highest BCUT2D eigenvalue weighted by atomic mass is 32.5. The molecule has 1 unspecified atom stereocenters. The molecule has 32 heavy (non-hydrogen) atoms. The number of aromatic nitrogens is 4. The number of fused-ring (bicyclic) bond motifs is 1. The Labute approximate surface area is 189 Å². The van der Waals surface area contributed by atoms with E-state index in [9.17, 15) is 10.00 Å². The van der Waals surface area contributed by atoms with Gasteiger partial charge in [-0.25, -0.2) is 15.0 Å². The summed E-state index contributed by atoms with van der Waals surface area (Å²) in [4.78, 5) is 22.8. The number of anilines is 1. The lowest BCUT2D eigenvalue weighted by Crippen LogP contribution is -2.26. The summed E-state index contributed by atoms with van der Waals surface area (Å²) in [7, 11) is 0. The van der Waals surface area contributed by atoms with Crippen molar-refractivity contribution in [1.82, 2.24) is 19.5 Å². The Bertz CT molecular complexity index is 1160. The third-order valence-corrected chi connectivity index (χ3v) is 6.74. The monoisotopic (exact) mass is 477 g/mol. The van der Waals surface area contributed by atoms with Gasteiger partial charge in [0.05, 0.1) is 25.6 Å². The van der Waals surface area contributed by atoms with Crippen molar-refractivity contribution in [2.75, 3.05) is 18.9 Å². The molecule has 4 rings (SSSR count). The number of nitrogens with zero attached hydrogens (tertiary/aromatic N) is 4. The fraction of sp³-hybridized carbons (Fsp3) is 0.350. The zero-order valence-electron chi connectivity index (χ0n) is 17.3. The second-order valence-electron chi connectivity index (χ2n) is 7.23. The molecule has 170 valence electrons. The molecule has 3 aromatic rings. The van der Waals surface area contributed by atoms with Crippen LogP contribution in [0.3, 0.4) is 0 Å². The van der Waals surface area contributed by atoms with Gasteiger partial charge in [-0.3, -0.25) is 4.57 Å². The van der Waals surface area contributed by atoms with Crippen LogP contribution in [-0.2, 0) is 25.6 Å². The van der Waals surface area contributed by atoms with Crippen LogP contribution in [0.25, 0.3) is 16.7 Å². The third kappa shape index (κ3) is 5.05. The molecule has 0 saturated carbocycles. The number of aliphatic hydroxyl groups is 1. The predicted octanol–water partition coefficient (Wildman–Crippen LogP) is 2.41. The molecule has 1 aromatic carbocycles. The van der Waals surface area contributed by atoms with Crippen LogP contribution in [0.1, 0.15) is 25.1 Å². The number of allylic oxidation sites excluding steroid dienone is 1. The van der Waals surface area contributed by atoms with Gasteiger partial charge in [0.15, 0.2) is 11.5 Å². The van der Waals surface area contributed by atoms with Gasteiger partial charge in [0.1, 0.15) is 24.2 Å². The molecule has 0 aliphatic carbocycles. The van der Waals surface area contributed by atoms with Crippen LogP contribution in [0.4, 0.5) is 5.82 Å². The van der Waals surface area contributed by atoms with Crippen molar-refractivity contribution < 1.29 is 23.8 Å². The SMILES string of the molecule is C/C=C(/COP(O)(=S)OC[C@H]1O[C@@H](n2cnc3c(N)ncnc32)C[C@@H]1O)c1ccccc1. The number of rotatable bonds is 8. The summed E-state index contributed by atoms with van der Waals surface area (Å²) in [6, 6.07) is 9.65. The highest BCUT2D eigenvalue weighted by molar-refractivity contribution is 8.07. The van der Waals surface area contributed by atoms with E-state index >= 15 is 0 Å². The molecule has 1 aliphatic heterocycles. The van der Waals surface area contributed by atoms with Crippen LogP contribution >= 0.6 is 6.72 Å². The highest BCUT2D eigenvalue weighted by Gasteiger charge is 2.37. The lowest BCUT2D eigenvalue weighted by Gasteiger charge is -2.21. The Kier molecular flexibility index (Phi) is 6.96. The number of nitrogen functional groups attached to an aromatic ring is 1. The van der Waals surface area contributed by atoms with Crippen LogP contribution in [0.15, 0.2) is 49.1 Å². The van der Waals surface area contributed by atoms with Crippen LogP contribution in [0.2, 0.25) is 0 Å². The van der Waals surface area contributed by atoms with Gasteiger partial charge in [0.25, 0.3) is 0 Å². The van der Waals surface area contributed by atoms with Gasteiger partial charge in [-0.2, -0.15) is 0 Å². The first kappa shape index (κ1) is 22.9. The van der Waals surface area contributed by atoms with Crippen molar-refractivity contribution in [1.29, 1.82) is 0 Å². The zero-order valence-corrected chi connectivity index (χ0v) is 19.0. The molecule has 1 fully saturated rings. The van der Waals surface area contributed by atoms with Crippen LogP contribution in [-0.4, -0.2) is 54.9 Å². The predicted molar refractivity (Wildman–Crippen MR) is 123 cm³/mol. The van der Waals surface area contributed by atoms with Gasteiger partial charge in [0.2, 0.25) is 0 Å². The van der Waals surface area contributed by atoms with Crippen molar-refractivity contribution >= 4 is 41.1 Å². The molecule has 10 nitrogen and oxygen atoms in total. The van der Waals surface area contributed by atoms with Gasteiger partial charge in [-0.15, -0.1) is 0 Å². The summed E-state index contributed by atoms with van der Waals surface area (Å²) in [6.45, 7) is -1.67. The molecular weight excluding hydrogens is 453 g/mol. The average Bonchev–Trinajstić information content (AvgIpc) is 3.38. The molecule has 0 radical (unpaired) electrons. The summed E-state index contributed by atoms with van der Waals surface area (Å²) in [6.07, 6.45) is 3.00. The molecule has 0 spiro atoms. The second-order valence-corrected chi connectivity index (χ2v) is 10.1. The van der Waals surface area contributed by atoms with E-state index in [1.807, 2.05) is 43.3 Å².